The number of benzene rings is 2. The molecule has 3 nitrogen and oxygen atoms in total. The fraction of sp³-hybridized carbons (Fsp3) is 0.0667. The Morgan fingerprint density at radius 2 is 1.71 bits per heavy atom. The van der Waals surface area contributed by atoms with Gasteiger partial charge in [-0.15, -0.1) is 0 Å². The maximum Gasteiger partial charge on any atom is 0.228 e. The van der Waals surface area contributed by atoms with Crippen LogP contribution in [-0.4, -0.2) is 5.91 Å². The molecule has 0 aliphatic rings. The van der Waals surface area contributed by atoms with E-state index in [4.69, 9.17) is 5.26 Å². The number of hydrogen-bond acceptors (Lipinski definition) is 2. The van der Waals surface area contributed by atoms with Crippen molar-refractivity contribution in [3.63, 3.8) is 0 Å². The summed E-state index contributed by atoms with van der Waals surface area (Å²) in [5.41, 5.74) is 0.632. The number of carbonyl (C=O) groups is 1. The van der Waals surface area contributed by atoms with Crippen LogP contribution in [0.2, 0.25) is 0 Å². The predicted molar refractivity (Wildman–Crippen MR) is 69.8 cm³/mol. The fourth-order valence-electron chi connectivity index (χ4n) is 1.70. The quantitative estimate of drug-likeness (QED) is 0.883. The molecule has 0 spiro atoms. The summed E-state index contributed by atoms with van der Waals surface area (Å²) in [5, 5.41) is 10.8. The highest BCUT2D eigenvalue weighted by Crippen LogP contribution is 2.19. The summed E-state index contributed by atoms with van der Waals surface area (Å²) < 4.78 is 39.2. The van der Waals surface area contributed by atoms with Crippen LogP contribution >= 0.6 is 0 Å². The molecule has 0 atom stereocenters. The van der Waals surface area contributed by atoms with E-state index in [0.29, 0.717) is 11.1 Å². The van der Waals surface area contributed by atoms with Gasteiger partial charge in [-0.2, -0.15) is 5.26 Å². The van der Waals surface area contributed by atoms with Gasteiger partial charge >= 0.3 is 0 Å². The van der Waals surface area contributed by atoms with Gasteiger partial charge in [0.05, 0.1) is 23.7 Å². The third-order valence-corrected chi connectivity index (χ3v) is 2.76. The standard InChI is InChI=1S/C15H9F3N2O/c16-11-5-6-12(15(18)14(11)17)20-13(21)7-9-1-3-10(8-19)4-2-9/h1-6H,7H2,(H,20,21). The van der Waals surface area contributed by atoms with Crippen LogP contribution in [0.4, 0.5) is 18.9 Å². The van der Waals surface area contributed by atoms with Gasteiger partial charge in [0.25, 0.3) is 0 Å². The van der Waals surface area contributed by atoms with E-state index in [1.165, 1.54) is 0 Å². The minimum Gasteiger partial charge on any atom is -0.323 e. The van der Waals surface area contributed by atoms with Crippen LogP contribution in [0.3, 0.4) is 0 Å². The molecule has 1 N–H and O–H groups in total. The number of nitrogens with zero attached hydrogens (tertiary/aromatic N) is 1. The minimum atomic E-state index is -1.63. The van der Waals surface area contributed by atoms with Gasteiger partial charge in [-0.05, 0) is 29.8 Å². The van der Waals surface area contributed by atoms with E-state index in [-0.39, 0.29) is 6.42 Å². The third-order valence-electron chi connectivity index (χ3n) is 2.76. The fourth-order valence-corrected chi connectivity index (χ4v) is 1.70. The zero-order chi connectivity index (χ0) is 15.4. The molecule has 6 heteroatoms. The van der Waals surface area contributed by atoms with Crippen LogP contribution in [0.25, 0.3) is 0 Å². The summed E-state index contributed by atoms with van der Waals surface area (Å²) in [4.78, 5) is 11.7. The van der Waals surface area contributed by atoms with Crippen LogP contribution in [0.5, 0.6) is 0 Å². The van der Waals surface area contributed by atoms with Crippen molar-refractivity contribution >= 4 is 11.6 Å². The topological polar surface area (TPSA) is 52.9 Å². The number of anilines is 1. The van der Waals surface area contributed by atoms with Crippen LogP contribution in [0.1, 0.15) is 11.1 Å². The molecule has 2 aromatic rings. The second-order valence-corrected chi connectivity index (χ2v) is 4.26. The first-order valence-corrected chi connectivity index (χ1v) is 5.93. The Labute approximate surface area is 118 Å². The summed E-state index contributed by atoms with van der Waals surface area (Å²) in [6, 6.07) is 9.87. The van der Waals surface area contributed by atoms with Crippen LogP contribution < -0.4 is 5.32 Å². The van der Waals surface area contributed by atoms with Crippen LogP contribution in [0, 0.1) is 28.8 Å². The van der Waals surface area contributed by atoms with E-state index >= 15 is 0 Å². The zero-order valence-electron chi connectivity index (χ0n) is 10.7. The first-order chi connectivity index (χ1) is 10.0. The minimum absolute atomic E-state index is 0.0792. The maximum atomic E-state index is 13.4. The summed E-state index contributed by atoms with van der Waals surface area (Å²) in [6.45, 7) is 0. The molecule has 0 aliphatic carbocycles. The summed E-state index contributed by atoms with van der Waals surface area (Å²) >= 11 is 0. The Morgan fingerprint density at radius 3 is 2.33 bits per heavy atom. The van der Waals surface area contributed by atoms with Gasteiger partial charge < -0.3 is 5.32 Å². The van der Waals surface area contributed by atoms with E-state index < -0.39 is 29.0 Å². The third kappa shape index (κ3) is 3.39. The van der Waals surface area contributed by atoms with Crippen molar-refractivity contribution in [3.05, 3.63) is 65.0 Å². The predicted octanol–water partition coefficient (Wildman–Crippen LogP) is 3.16. The number of rotatable bonds is 3. The van der Waals surface area contributed by atoms with Crippen LogP contribution in [0.15, 0.2) is 36.4 Å². The number of hydrogen-bond donors (Lipinski definition) is 1. The Hall–Kier alpha value is -2.81. The van der Waals surface area contributed by atoms with E-state index in [9.17, 15) is 18.0 Å². The van der Waals surface area contributed by atoms with Gasteiger partial charge in [0.15, 0.2) is 17.5 Å². The van der Waals surface area contributed by atoms with E-state index in [1.807, 2.05) is 6.07 Å². The lowest BCUT2D eigenvalue weighted by Crippen LogP contribution is -2.16. The Kier molecular flexibility index (Phi) is 4.24. The Morgan fingerprint density at radius 1 is 1.05 bits per heavy atom. The molecule has 2 aromatic carbocycles. The molecule has 2 rings (SSSR count). The lowest BCUT2D eigenvalue weighted by Gasteiger charge is -2.07. The molecule has 0 aliphatic heterocycles. The van der Waals surface area contributed by atoms with E-state index in [2.05, 4.69) is 5.32 Å². The van der Waals surface area contributed by atoms with Gasteiger partial charge in [0.1, 0.15) is 0 Å². The Bertz CT molecular complexity index is 721. The van der Waals surface area contributed by atoms with Crippen molar-refractivity contribution in [1.82, 2.24) is 0 Å². The van der Waals surface area contributed by atoms with Crippen molar-refractivity contribution < 1.29 is 18.0 Å². The molecule has 0 heterocycles. The van der Waals surface area contributed by atoms with Crippen molar-refractivity contribution in [3.8, 4) is 6.07 Å². The average molecular weight is 290 g/mol. The first kappa shape index (κ1) is 14.6. The molecular weight excluding hydrogens is 281 g/mol. The largest absolute Gasteiger partial charge is 0.323 e. The summed E-state index contributed by atoms with van der Waals surface area (Å²) in [6.07, 6.45) is -0.0792. The molecule has 0 unspecified atom stereocenters. The molecule has 0 bridgehead atoms. The number of halogens is 3. The van der Waals surface area contributed by atoms with Gasteiger partial charge in [0, 0.05) is 0 Å². The summed E-state index contributed by atoms with van der Waals surface area (Å²) in [5.74, 6) is -4.98. The van der Waals surface area contributed by atoms with E-state index in [1.54, 1.807) is 24.3 Å². The lowest BCUT2D eigenvalue weighted by molar-refractivity contribution is -0.115. The molecule has 0 saturated carbocycles. The van der Waals surface area contributed by atoms with Gasteiger partial charge in [-0.1, -0.05) is 12.1 Å². The molecule has 0 radical (unpaired) electrons. The molecule has 0 fully saturated rings. The molecule has 21 heavy (non-hydrogen) atoms. The monoisotopic (exact) mass is 290 g/mol. The highest BCUT2D eigenvalue weighted by molar-refractivity contribution is 5.92. The van der Waals surface area contributed by atoms with Crippen molar-refractivity contribution in [2.45, 2.75) is 6.42 Å². The zero-order valence-corrected chi connectivity index (χ0v) is 10.7. The maximum absolute atomic E-state index is 13.4. The SMILES string of the molecule is N#Cc1ccc(CC(=O)Nc2ccc(F)c(F)c2F)cc1. The van der Waals surface area contributed by atoms with Crippen molar-refractivity contribution in [2.75, 3.05) is 5.32 Å². The second-order valence-electron chi connectivity index (χ2n) is 4.26. The summed E-state index contributed by atoms with van der Waals surface area (Å²) in [7, 11) is 0. The highest BCUT2D eigenvalue weighted by atomic mass is 19.2. The Balaban J connectivity index is 2.08. The number of nitriles is 1. The molecule has 0 saturated heterocycles. The van der Waals surface area contributed by atoms with Crippen molar-refractivity contribution in [2.24, 2.45) is 0 Å². The number of nitrogens with one attached hydrogen (secondary N) is 1. The van der Waals surface area contributed by atoms with Gasteiger partial charge in [-0.3, -0.25) is 4.79 Å². The second kappa shape index (κ2) is 6.09. The average Bonchev–Trinajstić information content (AvgIpc) is 2.49. The first-order valence-electron chi connectivity index (χ1n) is 5.93. The highest BCUT2D eigenvalue weighted by Gasteiger charge is 2.15. The molecular formula is C15H9F3N2O. The van der Waals surface area contributed by atoms with Crippen LogP contribution in [-0.2, 0) is 11.2 Å². The smallest absolute Gasteiger partial charge is 0.228 e. The molecule has 0 aromatic heterocycles. The molecule has 106 valence electrons. The van der Waals surface area contributed by atoms with Gasteiger partial charge in [0.2, 0.25) is 5.91 Å². The van der Waals surface area contributed by atoms with Gasteiger partial charge in [-0.25, -0.2) is 13.2 Å². The molecule has 1 amide bonds. The number of carbonyl (C=O) groups excluding carboxylic acids is 1. The van der Waals surface area contributed by atoms with Crippen molar-refractivity contribution in [1.29, 1.82) is 5.26 Å². The van der Waals surface area contributed by atoms with E-state index in [0.717, 1.165) is 12.1 Å². The number of amides is 1. The lowest BCUT2D eigenvalue weighted by atomic mass is 10.1. The normalized spacial score (nSPS) is 10.0.